The number of benzene rings is 2. The van der Waals surface area contributed by atoms with E-state index in [0.717, 1.165) is 42.5 Å². The fraction of sp³-hybridized carbons (Fsp3) is 0.207. The van der Waals surface area contributed by atoms with Crippen molar-refractivity contribution in [1.29, 1.82) is 0 Å². The van der Waals surface area contributed by atoms with Gasteiger partial charge in [0.2, 0.25) is 11.4 Å². The number of ether oxygens (including phenoxy) is 1. The van der Waals surface area contributed by atoms with Gasteiger partial charge >= 0.3 is 0 Å². The number of nitrogens with zero attached hydrogens (tertiary/aromatic N) is 2. The fourth-order valence-electron chi connectivity index (χ4n) is 5.00. The number of thiazole rings is 1. The van der Waals surface area contributed by atoms with E-state index >= 15 is 0 Å². The Morgan fingerprint density at radius 2 is 1.67 bits per heavy atom. The van der Waals surface area contributed by atoms with Gasteiger partial charge in [0.25, 0.3) is 25.2 Å². The molecule has 0 unspecified atom stereocenters. The minimum absolute atomic E-state index is 0.174. The summed E-state index contributed by atoms with van der Waals surface area (Å²) in [5.74, 6) is 0.354. The summed E-state index contributed by atoms with van der Waals surface area (Å²) in [6, 6.07) is 18.1. The first kappa shape index (κ1) is 29.9. The van der Waals surface area contributed by atoms with Crippen LogP contribution in [0.15, 0.2) is 76.6 Å². The molecule has 0 bridgehead atoms. The van der Waals surface area contributed by atoms with Gasteiger partial charge < -0.3 is 9.64 Å². The Kier molecular flexibility index (Phi) is 8.43. The van der Waals surface area contributed by atoms with Crippen molar-refractivity contribution < 1.29 is 35.2 Å². The van der Waals surface area contributed by atoms with Crippen molar-refractivity contribution in [3.05, 3.63) is 81.6 Å². The summed E-state index contributed by atoms with van der Waals surface area (Å²) in [7, 11) is -8.26. The number of aryl methyl sites for hydroxylation is 1. The van der Waals surface area contributed by atoms with Gasteiger partial charge in [-0.25, -0.2) is 0 Å². The zero-order valence-corrected chi connectivity index (χ0v) is 26.7. The van der Waals surface area contributed by atoms with Gasteiger partial charge in [-0.05, 0) is 75.6 Å². The summed E-state index contributed by atoms with van der Waals surface area (Å²) in [4.78, 5) is 2.99. The largest absolute Gasteiger partial charge is 0.438 e. The lowest BCUT2D eigenvalue weighted by atomic mass is 10.1. The maximum Gasteiger partial charge on any atom is 0.268 e. The van der Waals surface area contributed by atoms with Crippen molar-refractivity contribution >= 4 is 76.2 Å². The smallest absolute Gasteiger partial charge is 0.268 e. The molecule has 2 aromatic carbocycles. The van der Waals surface area contributed by atoms with Crippen LogP contribution in [0.25, 0.3) is 37.9 Å². The molecule has 14 heteroatoms. The Morgan fingerprint density at radius 1 is 0.884 bits per heavy atom. The number of aromatic nitrogens is 1. The topological polar surface area (TPSA) is 125 Å². The van der Waals surface area contributed by atoms with E-state index in [9.17, 15) is 25.9 Å². The van der Waals surface area contributed by atoms with Gasteiger partial charge in [0, 0.05) is 23.9 Å². The number of fused-ring (bicyclic) bond motifs is 2. The summed E-state index contributed by atoms with van der Waals surface area (Å²) in [5.41, 5.74) is 4.83. The molecule has 224 valence electrons. The first-order valence-electron chi connectivity index (χ1n) is 13.3. The molecule has 0 fully saturated rings. The second-order valence-corrected chi connectivity index (χ2v) is 15.9. The van der Waals surface area contributed by atoms with Crippen molar-refractivity contribution in [2.75, 3.05) is 23.0 Å². The molecule has 0 radical (unpaired) electrons. The van der Waals surface area contributed by atoms with Crippen LogP contribution in [0.2, 0.25) is 0 Å². The standard InChI is InChI=1S/C29H26N2O7S5/c32-42(33,34)14-2-10-30-23-17-21(26-4-1-12-40-26)5-7-25(23)38-28(30)18-29-31(11-3-15-43(35,36)37)24-16-20(6-8-27(24)41-29)22-9-13-39-19-22/h1,4-9,12-13,16-19H,2-3,10-11,14-15H2,(H-,32,33,34,35,36,37)/p+1. The van der Waals surface area contributed by atoms with Gasteiger partial charge in [-0.3, -0.25) is 9.11 Å². The molecular weight excluding hydrogens is 649 g/mol. The van der Waals surface area contributed by atoms with Crippen LogP contribution >= 0.6 is 34.0 Å². The molecule has 3 aromatic heterocycles. The van der Waals surface area contributed by atoms with Gasteiger partial charge in [-0.1, -0.05) is 23.5 Å². The Balaban J connectivity index is 1.42. The van der Waals surface area contributed by atoms with Crippen LogP contribution < -0.4 is 14.2 Å². The van der Waals surface area contributed by atoms with Crippen molar-refractivity contribution in [3.8, 4) is 27.3 Å². The van der Waals surface area contributed by atoms with E-state index in [4.69, 9.17) is 4.74 Å². The number of anilines is 1. The normalized spacial score (nSPS) is 14.5. The molecule has 6 rings (SSSR count). The van der Waals surface area contributed by atoms with Crippen LogP contribution in [0.5, 0.6) is 5.75 Å². The lowest BCUT2D eigenvalue weighted by Gasteiger charge is -2.18. The highest BCUT2D eigenvalue weighted by Gasteiger charge is 2.30. The third-order valence-electron chi connectivity index (χ3n) is 6.94. The molecule has 0 amide bonds. The van der Waals surface area contributed by atoms with Crippen LogP contribution in [-0.4, -0.2) is 44.0 Å². The van der Waals surface area contributed by atoms with E-state index in [1.807, 2.05) is 68.8 Å². The Hall–Kier alpha value is -3.11. The molecule has 0 saturated carbocycles. The van der Waals surface area contributed by atoms with Gasteiger partial charge in [-0.2, -0.15) is 32.7 Å². The Bertz CT molecular complexity index is 2010. The fourth-order valence-corrected chi connectivity index (χ4v) is 8.47. The zero-order valence-electron chi connectivity index (χ0n) is 22.6. The Morgan fingerprint density at radius 3 is 2.40 bits per heavy atom. The lowest BCUT2D eigenvalue weighted by molar-refractivity contribution is -0.668. The Labute approximate surface area is 261 Å². The minimum atomic E-state index is -4.14. The molecule has 2 N–H and O–H groups in total. The average Bonchev–Trinajstić information content (AvgIpc) is 3.75. The molecule has 0 aliphatic carbocycles. The number of hydrogen-bond acceptors (Lipinski definition) is 9. The van der Waals surface area contributed by atoms with Gasteiger partial charge in [0.15, 0.2) is 12.3 Å². The average molecular weight is 676 g/mol. The third-order valence-corrected chi connectivity index (χ3v) is 11.3. The quantitative estimate of drug-likeness (QED) is 0.122. The third kappa shape index (κ3) is 7.01. The van der Waals surface area contributed by atoms with Crippen LogP contribution in [0, 0.1) is 0 Å². The highest BCUT2D eigenvalue weighted by Crippen LogP contribution is 2.43. The maximum atomic E-state index is 11.5. The minimum Gasteiger partial charge on any atom is -0.438 e. The highest BCUT2D eigenvalue weighted by molar-refractivity contribution is 7.86. The second-order valence-electron chi connectivity index (χ2n) is 9.96. The monoisotopic (exact) mass is 675 g/mol. The predicted molar refractivity (Wildman–Crippen MR) is 173 cm³/mol. The van der Waals surface area contributed by atoms with E-state index in [2.05, 4.69) is 17.5 Å². The molecule has 9 nitrogen and oxygen atoms in total. The van der Waals surface area contributed by atoms with Gasteiger partial charge in [-0.15, -0.1) is 11.3 Å². The maximum absolute atomic E-state index is 11.5. The summed E-state index contributed by atoms with van der Waals surface area (Å²) < 4.78 is 74.0. The SMILES string of the molecule is O=S(=O)(O)CCCN1C(=Cc2sc3ccc(-c4ccsc4)cc3[n+]2CCCS(=O)(=O)O)Oc2ccc(-c3cccs3)cc21. The first-order valence-corrected chi connectivity index (χ1v) is 19.1. The van der Waals surface area contributed by atoms with Crippen LogP contribution in [-0.2, 0) is 26.8 Å². The van der Waals surface area contributed by atoms with Crippen molar-refractivity contribution in [2.45, 2.75) is 19.4 Å². The van der Waals surface area contributed by atoms with Crippen molar-refractivity contribution in [2.24, 2.45) is 0 Å². The first-order chi connectivity index (χ1) is 20.5. The van der Waals surface area contributed by atoms with Gasteiger partial charge in [0.05, 0.1) is 23.3 Å². The number of rotatable bonds is 11. The molecule has 1 aliphatic heterocycles. The molecule has 0 atom stereocenters. The van der Waals surface area contributed by atoms with E-state index in [1.54, 1.807) is 22.7 Å². The van der Waals surface area contributed by atoms with E-state index < -0.39 is 20.2 Å². The molecule has 5 aromatic rings. The van der Waals surface area contributed by atoms with Crippen LogP contribution in [0.3, 0.4) is 0 Å². The number of thiophene rings is 2. The van der Waals surface area contributed by atoms with E-state index in [-0.39, 0.29) is 30.9 Å². The molecular formula is C29H27N2O7S5+. The van der Waals surface area contributed by atoms with Crippen LogP contribution in [0.4, 0.5) is 5.69 Å². The molecule has 0 spiro atoms. The summed E-state index contributed by atoms with van der Waals surface area (Å²) >= 11 is 4.74. The van der Waals surface area contributed by atoms with Crippen molar-refractivity contribution in [3.63, 3.8) is 0 Å². The van der Waals surface area contributed by atoms with E-state index in [0.29, 0.717) is 18.2 Å². The molecule has 4 heterocycles. The molecule has 1 aliphatic rings. The molecule has 0 saturated heterocycles. The molecule has 43 heavy (non-hydrogen) atoms. The number of hydrogen-bond donors (Lipinski definition) is 2. The summed E-state index contributed by atoms with van der Waals surface area (Å²) in [6.07, 6.45) is 2.26. The van der Waals surface area contributed by atoms with Crippen LogP contribution in [0.1, 0.15) is 17.8 Å². The van der Waals surface area contributed by atoms with Crippen molar-refractivity contribution in [1.82, 2.24) is 0 Å². The lowest BCUT2D eigenvalue weighted by Crippen LogP contribution is -2.36. The van der Waals surface area contributed by atoms with Gasteiger partial charge in [0.1, 0.15) is 4.70 Å². The summed E-state index contributed by atoms with van der Waals surface area (Å²) in [5, 5.41) is 6.88. The highest BCUT2D eigenvalue weighted by atomic mass is 32.2. The summed E-state index contributed by atoms with van der Waals surface area (Å²) in [6.45, 7) is 0.618. The predicted octanol–water partition coefficient (Wildman–Crippen LogP) is 6.40. The zero-order chi connectivity index (χ0) is 30.2. The second kappa shape index (κ2) is 12.1. The van der Waals surface area contributed by atoms with E-state index in [1.165, 1.54) is 11.3 Å².